The molecule has 1 saturated heterocycles. The molecule has 0 bridgehead atoms. The molecule has 126 valence electrons. The van der Waals surface area contributed by atoms with E-state index in [0.29, 0.717) is 6.54 Å². The zero-order valence-electron chi connectivity index (χ0n) is 13.8. The zero-order valence-corrected chi connectivity index (χ0v) is 13.8. The Balaban J connectivity index is 1.66. The average Bonchev–Trinajstić information content (AvgIpc) is 2.62. The molecular weight excluding hydrogens is 302 g/mol. The van der Waals surface area contributed by atoms with Crippen LogP contribution in [0.25, 0.3) is 0 Å². The molecule has 1 aliphatic heterocycles. The Morgan fingerprint density at radius 1 is 1.04 bits per heavy atom. The van der Waals surface area contributed by atoms with Crippen LogP contribution in [0.2, 0.25) is 0 Å². The molecule has 0 aliphatic carbocycles. The molecule has 0 atom stereocenters. The lowest BCUT2D eigenvalue weighted by Crippen LogP contribution is -2.31. The van der Waals surface area contributed by atoms with Crippen molar-refractivity contribution in [2.45, 2.75) is 32.4 Å². The number of carbonyl (C=O) groups is 1. The summed E-state index contributed by atoms with van der Waals surface area (Å²) in [6.45, 7) is 3.62. The third kappa shape index (κ3) is 4.11. The first kappa shape index (κ1) is 16.5. The number of hydrogen-bond acceptors (Lipinski definition) is 3. The Labute approximate surface area is 141 Å². The Kier molecular flexibility index (Phi) is 5.43. The standard InChI is InChI=1S/C19H23N3O2/c23-18-17(9-6-10-20-18)19(24)21-13-15-7-2-3-8-16(15)14-22-11-4-1-5-12-22/h2-3,6-10H,1,4-5,11-14H2,(H,20,23)(H,21,24). The average molecular weight is 325 g/mol. The van der Waals surface area contributed by atoms with Gasteiger partial charge in [0.05, 0.1) is 0 Å². The van der Waals surface area contributed by atoms with E-state index in [1.165, 1.54) is 37.1 Å². The maximum Gasteiger partial charge on any atom is 0.260 e. The van der Waals surface area contributed by atoms with Crippen molar-refractivity contribution in [1.82, 2.24) is 15.2 Å². The minimum atomic E-state index is -0.364. The highest BCUT2D eigenvalue weighted by molar-refractivity contribution is 5.93. The number of nitrogens with zero attached hydrogens (tertiary/aromatic N) is 1. The van der Waals surface area contributed by atoms with Gasteiger partial charge in [-0.05, 0) is 49.2 Å². The first-order valence-corrected chi connectivity index (χ1v) is 8.49. The number of piperidine rings is 1. The smallest absolute Gasteiger partial charge is 0.260 e. The van der Waals surface area contributed by atoms with Crippen molar-refractivity contribution in [1.29, 1.82) is 0 Å². The summed E-state index contributed by atoms with van der Waals surface area (Å²) in [6.07, 6.45) is 5.36. The maximum absolute atomic E-state index is 12.2. The molecule has 1 fully saturated rings. The monoisotopic (exact) mass is 325 g/mol. The van der Waals surface area contributed by atoms with Crippen LogP contribution in [-0.2, 0) is 13.1 Å². The number of rotatable bonds is 5. The number of nitrogens with one attached hydrogen (secondary N) is 2. The van der Waals surface area contributed by atoms with Crippen LogP contribution in [0, 0.1) is 0 Å². The summed E-state index contributed by atoms with van der Waals surface area (Å²) in [4.78, 5) is 28.9. The third-order valence-corrected chi connectivity index (χ3v) is 4.46. The van der Waals surface area contributed by atoms with Gasteiger partial charge >= 0.3 is 0 Å². The van der Waals surface area contributed by atoms with Gasteiger partial charge in [0.25, 0.3) is 11.5 Å². The summed E-state index contributed by atoms with van der Waals surface area (Å²) in [5, 5.41) is 2.86. The van der Waals surface area contributed by atoms with Gasteiger partial charge in [-0.15, -0.1) is 0 Å². The van der Waals surface area contributed by atoms with Crippen LogP contribution >= 0.6 is 0 Å². The van der Waals surface area contributed by atoms with E-state index in [4.69, 9.17) is 0 Å². The third-order valence-electron chi connectivity index (χ3n) is 4.46. The minimum absolute atomic E-state index is 0.144. The van der Waals surface area contributed by atoms with Crippen LogP contribution in [-0.4, -0.2) is 28.9 Å². The molecule has 2 aromatic rings. The topological polar surface area (TPSA) is 65.2 Å². The lowest BCUT2D eigenvalue weighted by molar-refractivity contribution is 0.0949. The van der Waals surface area contributed by atoms with Crippen molar-refractivity contribution >= 4 is 5.91 Å². The maximum atomic E-state index is 12.2. The molecule has 1 amide bonds. The second kappa shape index (κ2) is 7.93. The fourth-order valence-corrected chi connectivity index (χ4v) is 3.11. The molecule has 5 nitrogen and oxygen atoms in total. The van der Waals surface area contributed by atoms with Crippen molar-refractivity contribution in [2.75, 3.05) is 13.1 Å². The van der Waals surface area contributed by atoms with Crippen LogP contribution < -0.4 is 10.9 Å². The lowest BCUT2D eigenvalue weighted by Gasteiger charge is -2.27. The molecule has 3 rings (SSSR count). The van der Waals surface area contributed by atoms with Crippen LogP contribution in [0.1, 0.15) is 40.7 Å². The number of H-pyrrole nitrogens is 1. The Morgan fingerprint density at radius 2 is 1.79 bits per heavy atom. The summed E-state index contributed by atoms with van der Waals surface area (Å²) in [7, 11) is 0. The predicted molar refractivity (Wildman–Crippen MR) is 93.8 cm³/mol. The van der Waals surface area contributed by atoms with Crippen molar-refractivity contribution in [2.24, 2.45) is 0 Å². The van der Waals surface area contributed by atoms with Gasteiger partial charge in [0, 0.05) is 19.3 Å². The lowest BCUT2D eigenvalue weighted by atomic mass is 10.0. The zero-order chi connectivity index (χ0) is 16.8. The summed E-state index contributed by atoms with van der Waals surface area (Å²) < 4.78 is 0. The molecular formula is C19H23N3O2. The fourth-order valence-electron chi connectivity index (χ4n) is 3.11. The SMILES string of the molecule is O=C(NCc1ccccc1CN1CCCCC1)c1ccc[nH]c1=O. The quantitative estimate of drug-likeness (QED) is 0.886. The summed E-state index contributed by atoms with van der Waals surface area (Å²) in [5.41, 5.74) is 2.12. The van der Waals surface area contributed by atoms with Crippen molar-refractivity contribution < 1.29 is 4.79 Å². The van der Waals surface area contributed by atoms with E-state index in [-0.39, 0.29) is 17.0 Å². The molecule has 2 heterocycles. The van der Waals surface area contributed by atoms with Crippen LogP contribution in [0.4, 0.5) is 0 Å². The molecule has 1 aromatic heterocycles. The van der Waals surface area contributed by atoms with E-state index < -0.39 is 0 Å². The van der Waals surface area contributed by atoms with E-state index in [0.717, 1.165) is 25.2 Å². The second-order valence-corrected chi connectivity index (χ2v) is 6.20. The predicted octanol–water partition coefficient (Wildman–Crippen LogP) is 2.29. The molecule has 1 aliphatic rings. The first-order valence-electron chi connectivity index (χ1n) is 8.49. The molecule has 0 saturated carbocycles. The number of pyridine rings is 1. The molecule has 1 aromatic carbocycles. The van der Waals surface area contributed by atoms with Crippen molar-refractivity contribution in [3.63, 3.8) is 0 Å². The largest absolute Gasteiger partial charge is 0.348 e. The number of benzene rings is 1. The first-order chi connectivity index (χ1) is 11.7. The van der Waals surface area contributed by atoms with Crippen molar-refractivity contribution in [3.8, 4) is 0 Å². The van der Waals surface area contributed by atoms with Crippen LogP contribution in [0.15, 0.2) is 47.4 Å². The van der Waals surface area contributed by atoms with E-state index in [1.807, 2.05) is 18.2 Å². The van der Waals surface area contributed by atoms with E-state index in [1.54, 1.807) is 6.07 Å². The highest BCUT2D eigenvalue weighted by Gasteiger charge is 2.14. The molecule has 0 unspecified atom stereocenters. The van der Waals surface area contributed by atoms with Gasteiger partial charge < -0.3 is 10.3 Å². The van der Waals surface area contributed by atoms with E-state index >= 15 is 0 Å². The Hall–Kier alpha value is -2.40. The number of aromatic amines is 1. The second-order valence-electron chi connectivity index (χ2n) is 6.20. The van der Waals surface area contributed by atoms with Gasteiger partial charge in [0.15, 0.2) is 0 Å². The summed E-state index contributed by atoms with van der Waals surface area (Å²) in [5.74, 6) is -0.343. The minimum Gasteiger partial charge on any atom is -0.348 e. The molecule has 5 heteroatoms. The highest BCUT2D eigenvalue weighted by Crippen LogP contribution is 2.16. The van der Waals surface area contributed by atoms with Gasteiger partial charge in [0.2, 0.25) is 0 Å². The van der Waals surface area contributed by atoms with Gasteiger partial charge in [-0.2, -0.15) is 0 Å². The number of amides is 1. The van der Waals surface area contributed by atoms with Gasteiger partial charge in [-0.3, -0.25) is 14.5 Å². The van der Waals surface area contributed by atoms with Crippen LogP contribution in [0.3, 0.4) is 0 Å². The molecule has 0 spiro atoms. The molecule has 2 N–H and O–H groups in total. The Bertz CT molecular complexity index is 748. The van der Waals surface area contributed by atoms with Crippen molar-refractivity contribution in [3.05, 3.63) is 69.6 Å². The number of hydrogen-bond donors (Lipinski definition) is 2. The van der Waals surface area contributed by atoms with E-state index in [9.17, 15) is 9.59 Å². The highest BCUT2D eigenvalue weighted by atomic mass is 16.2. The van der Waals surface area contributed by atoms with Gasteiger partial charge in [-0.25, -0.2) is 0 Å². The fraction of sp³-hybridized carbons (Fsp3) is 0.368. The van der Waals surface area contributed by atoms with E-state index in [2.05, 4.69) is 21.3 Å². The number of likely N-dealkylation sites (tertiary alicyclic amines) is 1. The molecule has 24 heavy (non-hydrogen) atoms. The normalized spacial score (nSPS) is 15.2. The Morgan fingerprint density at radius 3 is 2.54 bits per heavy atom. The number of carbonyl (C=O) groups excluding carboxylic acids is 1. The van der Waals surface area contributed by atoms with Crippen LogP contribution in [0.5, 0.6) is 0 Å². The van der Waals surface area contributed by atoms with Gasteiger partial charge in [-0.1, -0.05) is 30.7 Å². The number of aromatic nitrogens is 1. The van der Waals surface area contributed by atoms with Gasteiger partial charge in [0.1, 0.15) is 5.56 Å². The summed E-state index contributed by atoms with van der Waals surface area (Å²) in [6, 6.07) is 11.4. The summed E-state index contributed by atoms with van der Waals surface area (Å²) >= 11 is 0. The molecule has 0 radical (unpaired) electrons.